The Labute approximate surface area is 141 Å². The molecule has 108 valence electrons. The third kappa shape index (κ3) is 2.70. The van der Waals surface area contributed by atoms with Crippen LogP contribution in [-0.4, -0.2) is 15.4 Å². The average Bonchev–Trinajstić information content (AvgIpc) is 2.82. The van der Waals surface area contributed by atoms with Gasteiger partial charge in [-0.2, -0.15) is 0 Å². The molecule has 5 heteroatoms. The van der Waals surface area contributed by atoms with Gasteiger partial charge in [0, 0.05) is 22.5 Å². The van der Waals surface area contributed by atoms with Crippen LogP contribution in [0.25, 0.3) is 16.7 Å². The topological polar surface area (TPSA) is 17.8 Å². The SMILES string of the molecule is Cc1ccc(-n2c(CCCl)nc3cccc(Cl)c32)cc1Br. The Hall–Kier alpha value is -1.03. The molecule has 0 amide bonds. The van der Waals surface area contributed by atoms with Gasteiger partial charge in [-0.3, -0.25) is 4.57 Å². The highest BCUT2D eigenvalue weighted by molar-refractivity contribution is 9.10. The minimum Gasteiger partial charge on any atom is -0.295 e. The number of alkyl halides is 1. The van der Waals surface area contributed by atoms with Gasteiger partial charge in [0.1, 0.15) is 5.82 Å². The van der Waals surface area contributed by atoms with Crippen LogP contribution in [-0.2, 0) is 6.42 Å². The molecule has 0 fully saturated rings. The van der Waals surface area contributed by atoms with E-state index >= 15 is 0 Å². The number of halogens is 3. The second-order valence-electron chi connectivity index (χ2n) is 4.84. The highest BCUT2D eigenvalue weighted by Gasteiger charge is 2.15. The first-order valence-electron chi connectivity index (χ1n) is 6.60. The summed E-state index contributed by atoms with van der Waals surface area (Å²) in [6.45, 7) is 2.06. The fourth-order valence-corrected chi connectivity index (χ4v) is 3.17. The third-order valence-corrected chi connectivity index (χ3v) is 4.78. The smallest absolute Gasteiger partial charge is 0.115 e. The summed E-state index contributed by atoms with van der Waals surface area (Å²) in [5.41, 5.74) is 4.03. The molecule has 3 aromatic rings. The molecular weight excluding hydrogens is 371 g/mol. The Kier molecular flexibility index (Phi) is 4.25. The van der Waals surface area contributed by atoms with Crippen LogP contribution >= 0.6 is 39.1 Å². The normalized spacial score (nSPS) is 11.2. The van der Waals surface area contributed by atoms with Crippen molar-refractivity contribution in [1.29, 1.82) is 0 Å². The summed E-state index contributed by atoms with van der Waals surface area (Å²) in [5, 5.41) is 0.692. The molecule has 0 N–H and O–H groups in total. The van der Waals surface area contributed by atoms with E-state index in [-0.39, 0.29) is 0 Å². The van der Waals surface area contributed by atoms with Crippen LogP contribution in [0.5, 0.6) is 0 Å². The number of aryl methyl sites for hydroxylation is 2. The molecule has 0 radical (unpaired) electrons. The molecule has 0 saturated carbocycles. The predicted molar refractivity (Wildman–Crippen MR) is 92.9 cm³/mol. The molecule has 1 aromatic heterocycles. The van der Waals surface area contributed by atoms with Gasteiger partial charge in [0.2, 0.25) is 0 Å². The van der Waals surface area contributed by atoms with Crippen molar-refractivity contribution in [2.24, 2.45) is 0 Å². The summed E-state index contributed by atoms with van der Waals surface area (Å²) in [6.07, 6.45) is 0.693. The zero-order valence-corrected chi connectivity index (χ0v) is 14.5. The maximum absolute atomic E-state index is 6.39. The molecule has 0 spiro atoms. The zero-order valence-electron chi connectivity index (χ0n) is 11.4. The van der Waals surface area contributed by atoms with Crippen molar-refractivity contribution < 1.29 is 0 Å². The van der Waals surface area contributed by atoms with Crippen LogP contribution in [0, 0.1) is 6.92 Å². The van der Waals surface area contributed by atoms with E-state index in [1.54, 1.807) is 0 Å². The predicted octanol–water partition coefficient (Wildman–Crippen LogP) is 5.53. The maximum atomic E-state index is 6.39. The summed E-state index contributed by atoms with van der Waals surface area (Å²) >= 11 is 15.9. The van der Waals surface area contributed by atoms with Gasteiger partial charge in [0.15, 0.2) is 0 Å². The van der Waals surface area contributed by atoms with Crippen molar-refractivity contribution >= 4 is 50.2 Å². The van der Waals surface area contributed by atoms with E-state index in [1.165, 1.54) is 5.56 Å². The van der Waals surface area contributed by atoms with Crippen molar-refractivity contribution in [1.82, 2.24) is 9.55 Å². The number of nitrogens with zero attached hydrogens (tertiary/aromatic N) is 2. The summed E-state index contributed by atoms with van der Waals surface area (Å²) in [4.78, 5) is 4.67. The molecule has 2 nitrogen and oxygen atoms in total. The average molecular weight is 384 g/mol. The molecular formula is C16H13BrCl2N2. The first-order chi connectivity index (χ1) is 10.1. The minimum absolute atomic E-state index is 0.522. The summed E-state index contributed by atoms with van der Waals surface area (Å²) in [7, 11) is 0. The molecule has 0 unspecified atom stereocenters. The van der Waals surface area contributed by atoms with Crippen LogP contribution in [0.3, 0.4) is 0 Å². The maximum Gasteiger partial charge on any atom is 0.115 e. The zero-order chi connectivity index (χ0) is 15.0. The molecule has 0 aliphatic heterocycles. The molecule has 0 aliphatic rings. The highest BCUT2D eigenvalue weighted by Crippen LogP contribution is 2.30. The lowest BCUT2D eigenvalue weighted by Crippen LogP contribution is -2.02. The van der Waals surface area contributed by atoms with Gasteiger partial charge in [-0.15, -0.1) is 11.6 Å². The molecule has 0 saturated heterocycles. The lowest BCUT2D eigenvalue weighted by atomic mass is 10.2. The number of rotatable bonds is 3. The van der Waals surface area contributed by atoms with E-state index in [4.69, 9.17) is 23.2 Å². The summed E-state index contributed by atoms with van der Waals surface area (Å²) in [6, 6.07) is 12.0. The van der Waals surface area contributed by atoms with Crippen LogP contribution < -0.4 is 0 Å². The molecule has 21 heavy (non-hydrogen) atoms. The lowest BCUT2D eigenvalue weighted by molar-refractivity contribution is 0.911. The lowest BCUT2D eigenvalue weighted by Gasteiger charge is -2.11. The van der Waals surface area contributed by atoms with Crippen molar-refractivity contribution in [3.8, 4) is 5.69 Å². The van der Waals surface area contributed by atoms with Gasteiger partial charge in [-0.25, -0.2) is 4.98 Å². The van der Waals surface area contributed by atoms with Gasteiger partial charge in [-0.05, 0) is 36.8 Å². The highest BCUT2D eigenvalue weighted by atomic mass is 79.9. The van der Waals surface area contributed by atoms with Gasteiger partial charge >= 0.3 is 0 Å². The van der Waals surface area contributed by atoms with E-state index in [9.17, 15) is 0 Å². The van der Waals surface area contributed by atoms with Crippen molar-refractivity contribution in [3.63, 3.8) is 0 Å². The van der Waals surface area contributed by atoms with Gasteiger partial charge in [0.25, 0.3) is 0 Å². The first kappa shape index (κ1) is 14.9. The molecule has 1 heterocycles. The molecule has 0 bridgehead atoms. The number of fused-ring (bicyclic) bond motifs is 1. The second kappa shape index (κ2) is 5.99. The Balaban J connectivity index is 2.32. The largest absolute Gasteiger partial charge is 0.295 e. The third-order valence-electron chi connectivity index (χ3n) is 3.43. The van der Waals surface area contributed by atoms with Gasteiger partial charge in [-0.1, -0.05) is 39.7 Å². The van der Waals surface area contributed by atoms with Crippen LogP contribution in [0.1, 0.15) is 11.4 Å². The Morgan fingerprint density at radius 1 is 1.24 bits per heavy atom. The fourth-order valence-electron chi connectivity index (χ4n) is 2.38. The number of para-hydroxylation sites is 1. The molecule has 0 atom stereocenters. The van der Waals surface area contributed by atoms with Crippen LogP contribution in [0.15, 0.2) is 40.9 Å². The Morgan fingerprint density at radius 2 is 2.05 bits per heavy atom. The van der Waals surface area contributed by atoms with Crippen LogP contribution in [0.4, 0.5) is 0 Å². The van der Waals surface area contributed by atoms with Crippen molar-refractivity contribution in [2.45, 2.75) is 13.3 Å². The Morgan fingerprint density at radius 3 is 2.76 bits per heavy atom. The minimum atomic E-state index is 0.522. The number of benzene rings is 2. The number of hydrogen-bond acceptors (Lipinski definition) is 1. The molecule has 2 aromatic carbocycles. The monoisotopic (exact) mass is 382 g/mol. The van der Waals surface area contributed by atoms with Gasteiger partial charge < -0.3 is 0 Å². The van der Waals surface area contributed by atoms with Crippen molar-refractivity contribution in [3.05, 3.63) is 57.3 Å². The number of imidazole rings is 1. The fraction of sp³-hybridized carbons (Fsp3) is 0.188. The van der Waals surface area contributed by atoms with E-state index in [2.05, 4.69) is 50.6 Å². The quantitative estimate of drug-likeness (QED) is 0.543. The number of hydrogen-bond donors (Lipinski definition) is 0. The Bertz CT molecular complexity index is 811. The molecule has 0 aliphatic carbocycles. The summed E-state index contributed by atoms with van der Waals surface area (Å²) < 4.78 is 3.15. The van der Waals surface area contributed by atoms with E-state index in [0.717, 1.165) is 27.0 Å². The van der Waals surface area contributed by atoms with E-state index < -0.39 is 0 Å². The molecule has 3 rings (SSSR count). The second-order valence-corrected chi connectivity index (χ2v) is 6.48. The van der Waals surface area contributed by atoms with Gasteiger partial charge in [0.05, 0.1) is 16.1 Å². The first-order valence-corrected chi connectivity index (χ1v) is 8.30. The van der Waals surface area contributed by atoms with Crippen molar-refractivity contribution in [2.75, 3.05) is 5.88 Å². The standard InChI is InChI=1S/C16H13BrCl2N2/c1-10-5-6-11(9-12(10)17)21-15(7-8-18)20-14-4-2-3-13(19)16(14)21/h2-6,9H,7-8H2,1H3. The number of aromatic nitrogens is 2. The van der Waals surface area contributed by atoms with Crippen LogP contribution in [0.2, 0.25) is 5.02 Å². The van der Waals surface area contributed by atoms with E-state index in [1.807, 2.05) is 18.2 Å². The van der Waals surface area contributed by atoms with E-state index in [0.29, 0.717) is 17.3 Å². The summed E-state index contributed by atoms with van der Waals surface area (Å²) in [5.74, 6) is 1.44.